The molecule has 0 saturated heterocycles. The molecule has 82 valence electrons. The molecule has 1 fully saturated rings. The van der Waals surface area contributed by atoms with Crippen molar-refractivity contribution in [1.82, 2.24) is 5.32 Å². The zero-order chi connectivity index (χ0) is 10.6. The monoisotopic (exact) mass is 216 g/mol. The van der Waals surface area contributed by atoms with Gasteiger partial charge >= 0.3 is 0 Å². The van der Waals surface area contributed by atoms with Gasteiger partial charge in [-0.25, -0.2) is 0 Å². The Morgan fingerprint density at radius 3 is 2.71 bits per heavy atom. The summed E-state index contributed by atoms with van der Waals surface area (Å²) in [5.74, 6) is 1.07. The standard InChI is InChI=1S/C10H20N2OS/c1-8(7-14-2)12-9(13)6-10(11)4-3-5-10/h8H,3-7,11H2,1-2H3,(H,12,13). The van der Waals surface area contributed by atoms with Crippen LogP contribution < -0.4 is 11.1 Å². The van der Waals surface area contributed by atoms with Gasteiger partial charge in [0.2, 0.25) is 5.91 Å². The molecule has 0 aromatic rings. The van der Waals surface area contributed by atoms with Gasteiger partial charge < -0.3 is 11.1 Å². The van der Waals surface area contributed by atoms with E-state index in [1.807, 2.05) is 13.2 Å². The molecule has 4 heteroatoms. The second-order valence-corrected chi connectivity index (χ2v) is 5.23. The van der Waals surface area contributed by atoms with Crippen molar-refractivity contribution in [2.24, 2.45) is 5.73 Å². The summed E-state index contributed by atoms with van der Waals surface area (Å²) >= 11 is 1.74. The lowest BCUT2D eigenvalue weighted by Crippen LogP contribution is -2.51. The summed E-state index contributed by atoms with van der Waals surface area (Å²) in [7, 11) is 0. The van der Waals surface area contributed by atoms with Gasteiger partial charge in [-0.2, -0.15) is 11.8 Å². The Balaban J connectivity index is 2.21. The maximum atomic E-state index is 11.5. The van der Waals surface area contributed by atoms with Gasteiger partial charge in [-0.3, -0.25) is 4.79 Å². The molecule has 3 N–H and O–H groups in total. The highest BCUT2D eigenvalue weighted by Crippen LogP contribution is 2.31. The van der Waals surface area contributed by atoms with E-state index in [4.69, 9.17) is 5.73 Å². The summed E-state index contributed by atoms with van der Waals surface area (Å²) in [6.07, 6.45) is 5.70. The van der Waals surface area contributed by atoms with Crippen molar-refractivity contribution in [1.29, 1.82) is 0 Å². The van der Waals surface area contributed by atoms with Gasteiger partial charge in [-0.1, -0.05) is 0 Å². The Morgan fingerprint density at radius 1 is 1.64 bits per heavy atom. The van der Waals surface area contributed by atoms with Crippen LogP contribution in [-0.2, 0) is 4.79 Å². The molecule has 0 aromatic carbocycles. The van der Waals surface area contributed by atoms with E-state index in [0.29, 0.717) is 6.42 Å². The van der Waals surface area contributed by atoms with Gasteiger partial charge in [0.1, 0.15) is 0 Å². The molecular weight excluding hydrogens is 196 g/mol. The van der Waals surface area contributed by atoms with Crippen LogP contribution >= 0.6 is 11.8 Å². The van der Waals surface area contributed by atoms with Gasteiger partial charge in [-0.05, 0) is 32.4 Å². The molecule has 3 nitrogen and oxygen atoms in total. The van der Waals surface area contributed by atoms with Crippen molar-refractivity contribution in [3.8, 4) is 0 Å². The van der Waals surface area contributed by atoms with E-state index < -0.39 is 0 Å². The van der Waals surface area contributed by atoms with E-state index in [9.17, 15) is 4.79 Å². The van der Waals surface area contributed by atoms with Gasteiger partial charge in [0.05, 0.1) is 0 Å². The van der Waals surface area contributed by atoms with Crippen LogP contribution in [0.15, 0.2) is 0 Å². The molecule has 0 bridgehead atoms. The average molecular weight is 216 g/mol. The number of carbonyl (C=O) groups excluding carboxylic acids is 1. The van der Waals surface area contributed by atoms with Crippen molar-refractivity contribution in [3.63, 3.8) is 0 Å². The number of amides is 1. The second-order valence-electron chi connectivity index (χ2n) is 4.32. The molecule has 0 heterocycles. The number of hydrogen-bond acceptors (Lipinski definition) is 3. The Morgan fingerprint density at radius 2 is 2.29 bits per heavy atom. The van der Waals surface area contributed by atoms with Crippen molar-refractivity contribution >= 4 is 17.7 Å². The Labute approximate surface area is 90.2 Å². The van der Waals surface area contributed by atoms with Gasteiger partial charge in [0, 0.05) is 23.8 Å². The smallest absolute Gasteiger partial charge is 0.222 e. The van der Waals surface area contributed by atoms with Crippen LogP contribution in [0.1, 0.15) is 32.6 Å². The van der Waals surface area contributed by atoms with E-state index in [-0.39, 0.29) is 17.5 Å². The lowest BCUT2D eigenvalue weighted by molar-refractivity contribution is -0.123. The summed E-state index contributed by atoms with van der Waals surface area (Å²) in [6.45, 7) is 2.03. The molecule has 1 aliphatic carbocycles. The lowest BCUT2D eigenvalue weighted by Gasteiger charge is -2.37. The quantitative estimate of drug-likeness (QED) is 0.724. The Bertz CT molecular complexity index is 204. The SMILES string of the molecule is CSCC(C)NC(=O)CC1(N)CCC1. The van der Waals surface area contributed by atoms with Crippen LogP contribution in [0.3, 0.4) is 0 Å². The third-order valence-corrected chi connectivity index (χ3v) is 3.52. The van der Waals surface area contributed by atoms with E-state index in [0.717, 1.165) is 18.6 Å². The number of nitrogens with one attached hydrogen (secondary N) is 1. The second kappa shape index (κ2) is 5.03. The van der Waals surface area contributed by atoms with Crippen LogP contribution in [0.4, 0.5) is 0 Å². The largest absolute Gasteiger partial charge is 0.353 e. The molecule has 14 heavy (non-hydrogen) atoms. The fourth-order valence-corrected chi connectivity index (χ4v) is 2.33. The molecular formula is C10H20N2OS. The number of thioether (sulfide) groups is 1. The molecule has 0 radical (unpaired) electrons. The predicted molar refractivity (Wildman–Crippen MR) is 61.4 cm³/mol. The normalized spacial score (nSPS) is 21.1. The van der Waals surface area contributed by atoms with Crippen molar-refractivity contribution in [3.05, 3.63) is 0 Å². The first-order valence-corrected chi connectivity index (χ1v) is 6.52. The summed E-state index contributed by atoms with van der Waals surface area (Å²) in [4.78, 5) is 11.5. The highest BCUT2D eigenvalue weighted by atomic mass is 32.2. The van der Waals surface area contributed by atoms with Crippen LogP contribution in [0, 0.1) is 0 Å². The zero-order valence-corrected chi connectivity index (χ0v) is 9.82. The first-order chi connectivity index (χ1) is 6.56. The van der Waals surface area contributed by atoms with Crippen molar-refractivity contribution < 1.29 is 4.79 Å². The van der Waals surface area contributed by atoms with Gasteiger partial charge in [0.25, 0.3) is 0 Å². The third-order valence-electron chi connectivity index (χ3n) is 2.69. The highest BCUT2D eigenvalue weighted by molar-refractivity contribution is 7.98. The average Bonchev–Trinajstić information content (AvgIpc) is 2.01. The number of hydrogen-bond donors (Lipinski definition) is 2. The first kappa shape index (κ1) is 11.9. The molecule has 1 saturated carbocycles. The maximum absolute atomic E-state index is 11.5. The highest BCUT2D eigenvalue weighted by Gasteiger charge is 2.34. The van der Waals surface area contributed by atoms with Crippen LogP contribution in [0.25, 0.3) is 0 Å². The number of nitrogens with two attached hydrogens (primary N) is 1. The molecule has 1 unspecified atom stereocenters. The van der Waals surface area contributed by atoms with Crippen LogP contribution in [0.5, 0.6) is 0 Å². The van der Waals surface area contributed by atoms with E-state index in [1.54, 1.807) is 11.8 Å². The van der Waals surface area contributed by atoms with Crippen molar-refractivity contribution in [2.45, 2.75) is 44.2 Å². The molecule has 1 amide bonds. The predicted octanol–water partition coefficient (Wildman–Crippen LogP) is 1.13. The first-order valence-electron chi connectivity index (χ1n) is 5.13. The van der Waals surface area contributed by atoms with E-state index >= 15 is 0 Å². The summed E-state index contributed by atoms with van der Waals surface area (Å²) in [5.41, 5.74) is 5.80. The molecule has 0 aliphatic heterocycles. The van der Waals surface area contributed by atoms with Crippen LogP contribution in [-0.4, -0.2) is 29.5 Å². The van der Waals surface area contributed by atoms with E-state index in [2.05, 4.69) is 5.32 Å². The van der Waals surface area contributed by atoms with E-state index in [1.165, 1.54) is 6.42 Å². The van der Waals surface area contributed by atoms with Gasteiger partial charge in [-0.15, -0.1) is 0 Å². The van der Waals surface area contributed by atoms with Crippen molar-refractivity contribution in [2.75, 3.05) is 12.0 Å². The molecule has 0 aromatic heterocycles. The number of rotatable bonds is 5. The summed E-state index contributed by atoms with van der Waals surface area (Å²) in [6, 6.07) is 0.251. The molecule has 0 spiro atoms. The molecule has 1 rings (SSSR count). The topological polar surface area (TPSA) is 55.1 Å². The Kier molecular flexibility index (Phi) is 4.26. The lowest BCUT2D eigenvalue weighted by atomic mass is 9.75. The fourth-order valence-electron chi connectivity index (χ4n) is 1.74. The number of carbonyl (C=O) groups is 1. The minimum absolute atomic E-state index is 0.105. The minimum Gasteiger partial charge on any atom is -0.353 e. The molecule has 1 atom stereocenters. The maximum Gasteiger partial charge on any atom is 0.222 e. The third kappa shape index (κ3) is 3.50. The summed E-state index contributed by atoms with van der Waals surface area (Å²) in [5, 5.41) is 2.97. The summed E-state index contributed by atoms with van der Waals surface area (Å²) < 4.78 is 0. The minimum atomic E-state index is -0.191. The fraction of sp³-hybridized carbons (Fsp3) is 0.900. The van der Waals surface area contributed by atoms with Crippen LogP contribution in [0.2, 0.25) is 0 Å². The zero-order valence-electron chi connectivity index (χ0n) is 9.01. The Hall–Kier alpha value is -0.220. The molecule has 1 aliphatic rings. The van der Waals surface area contributed by atoms with Gasteiger partial charge in [0.15, 0.2) is 0 Å².